The molecule has 0 unspecified atom stereocenters. The Morgan fingerprint density at radius 3 is 2.58 bits per heavy atom. The van der Waals surface area contributed by atoms with E-state index in [4.69, 9.17) is 4.42 Å². The van der Waals surface area contributed by atoms with Gasteiger partial charge in [-0.15, -0.1) is 24.0 Å². The van der Waals surface area contributed by atoms with Gasteiger partial charge in [0.25, 0.3) is 0 Å². The summed E-state index contributed by atoms with van der Waals surface area (Å²) in [6.07, 6.45) is 1.67. The van der Waals surface area contributed by atoms with E-state index < -0.39 is 0 Å². The van der Waals surface area contributed by atoms with Gasteiger partial charge in [0, 0.05) is 25.2 Å². The number of guanidine groups is 1. The van der Waals surface area contributed by atoms with Crippen molar-refractivity contribution in [3.8, 4) is 11.5 Å². The minimum absolute atomic E-state index is 0. The highest BCUT2D eigenvalue weighted by molar-refractivity contribution is 14.0. The Bertz CT molecular complexity index is 669. The van der Waals surface area contributed by atoms with Crippen LogP contribution in [0.1, 0.15) is 25.1 Å². The highest BCUT2D eigenvalue weighted by Crippen LogP contribution is 2.19. The molecule has 0 atom stereocenters. The number of oxazole rings is 1. The lowest BCUT2D eigenvalue weighted by Crippen LogP contribution is -2.40. The fourth-order valence-electron chi connectivity index (χ4n) is 2.23. The lowest BCUT2D eigenvalue weighted by atomic mass is 10.1. The van der Waals surface area contributed by atoms with Crippen LogP contribution in [0, 0.1) is 6.92 Å². The number of aliphatic imine (C=N–C) groups is 1. The molecule has 2 N–H and O–H groups in total. The van der Waals surface area contributed by atoms with Crippen molar-refractivity contribution >= 4 is 29.9 Å². The van der Waals surface area contributed by atoms with Crippen molar-refractivity contribution in [3.63, 3.8) is 0 Å². The molecule has 0 radical (unpaired) electrons. The fourth-order valence-corrected chi connectivity index (χ4v) is 2.23. The second-order valence-corrected chi connectivity index (χ2v) is 6.03. The number of aromatic nitrogens is 1. The van der Waals surface area contributed by atoms with Crippen LogP contribution >= 0.6 is 24.0 Å². The molecule has 7 heteroatoms. The van der Waals surface area contributed by atoms with Crippen molar-refractivity contribution in [1.29, 1.82) is 0 Å². The molecule has 144 valence electrons. The third-order valence-electron chi connectivity index (χ3n) is 3.92. The average Bonchev–Trinajstić information content (AvgIpc) is 3.09. The third kappa shape index (κ3) is 7.33. The van der Waals surface area contributed by atoms with E-state index in [0.29, 0.717) is 12.4 Å². The molecular weight excluding hydrogens is 441 g/mol. The Balaban J connectivity index is 0.00000338. The molecule has 1 aromatic carbocycles. The molecular formula is C19H30IN5O. The number of nitrogens with zero attached hydrogens (tertiary/aromatic N) is 3. The Morgan fingerprint density at radius 2 is 1.92 bits per heavy atom. The summed E-state index contributed by atoms with van der Waals surface area (Å²) in [5.41, 5.74) is 3.02. The lowest BCUT2D eigenvalue weighted by Gasteiger charge is -2.16. The first-order chi connectivity index (χ1) is 12.1. The molecule has 0 spiro atoms. The molecule has 6 nitrogen and oxygen atoms in total. The number of halogens is 1. The molecule has 0 aliphatic rings. The van der Waals surface area contributed by atoms with Gasteiger partial charge in [-0.1, -0.05) is 24.6 Å². The molecule has 0 bridgehead atoms. The fraction of sp³-hybridized carbons (Fsp3) is 0.474. The van der Waals surface area contributed by atoms with Gasteiger partial charge in [-0.2, -0.15) is 0 Å². The quantitative estimate of drug-likeness (QED) is 0.352. The molecule has 0 fully saturated rings. The maximum absolute atomic E-state index is 5.58. The zero-order valence-electron chi connectivity index (χ0n) is 16.1. The third-order valence-corrected chi connectivity index (χ3v) is 3.92. The second kappa shape index (κ2) is 11.9. The van der Waals surface area contributed by atoms with Crippen molar-refractivity contribution in [2.75, 3.05) is 33.2 Å². The van der Waals surface area contributed by atoms with E-state index in [1.807, 2.05) is 12.1 Å². The van der Waals surface area contributed by atoms with Gasteiger partial charge < -0.3 is 20.0 Å². The topological polar surface area (TPSA) is 65.7 Å². The van der Waals surface area contributed by atoms with E-state index in [0.717, 1.165) is 43.4 Å². The summed E-state index contributed by atoms with van der Waals surface area (Å²) in [5.74, 6) is 1.43. The first kappa shape index (κ1) is 22.4. The monoisotopic (exact) mass is 471 g/mol. The van der Waals surface area contributed by atoms with Crippen LogP contribution in [-0.4, -0.2) is 49.1 Å². The van der Waals surface area contributed by atoms with Crippen LogP contribution in [0.5, 0.6) is 0 Å². The Kier molecular flexibility index (Phi) is 10.3. The number of likely N-dealkylation sites (N-methyl/N-ethyl adjacent to an activating group) is 1. The zero-order valence-corrected chi connectivity index (χ0v) is 18.4. The van der Waals surface area contributed by atoms with Gasteiger partial charge in [-0.3, -0.25) is 0 Å². The van der Waals surface area contributed by atoms with E-state index in [2.05, 4.69) is 65.5 Å². The van der Waals surface area contributed by atoms with Crippen LogP contribution in [0.3, 0.4) is 0 Å². The maximum atomic E-state index is 5.58. The summed E-state index contributed by atoms with van der Waals surface area (Å²) >= 11 is 0. The van der Waals surface area contributed by atoms with E-state index in [9.17, 15) is 0 Å². The Morgan fingerprint density at radius 1 is 1.19 bits per heavy atom. The van der Waals surface area contributed by atoms with Crippen LogP contribution < -0.4 is 10.6 Å². The molecule has 2 aromatic rings. The molecule has 0 aliphatic carbocycles. The molecule has 1 heterocycles. The minimum Gasteiger partial charge on any atom is -0.444 e. The first-order valence-corrected chi connectivity index (χ1v) is 8.84. The van der Waals surface area contributed by atoms with Crippen LogP contribution in [0.2, 0.25) is 0 Å². The molecule has 0 saturated heterocycles. The molecule has 0 aliphatic heterocycles. The predicted octanol–water partition coefficient (Wildman–Crippen LogP) is 3.27. The van der Waals surface area contributed by atoms with Crippen molar-refractivity contribution in [2.24, 2.45) is 4.99 Å². The summed E-state index contributed by atoms with van der Waals surface area (Å²) in [7, 11) is 2.10. The van der Waals surface area contributed by atoms with Gasteiger partial charge in [-0.05, 0) is 39.6 Å². The largest absolute Gasteiger partial charge is 0.444 e. The number of hydrogen-bond donors (Lipinski definition) is 2. The van der Waals surface area contributed by atoms with Gasteiger partial charge >= 0.3 is 0 Å². The number of aryl methyl sites for hydroxylation is 1. The van der Waals surface area contributed by atoms with E-state index in [1.165, 1.54) is 5.56 Å². The van der Waals surface area contributed by atoms with E-state index in [1.54, 1.807) is 6.26 Å². The van der Waals surface area contributed by atoms with Crippen LogP contribution in [0.15, 0.2) is 39.9 Å². The van der Waals surface area contributed by atoms with Crippen molar-refractivity contribution < 1.29 is 4.42 Å². The van der Waals surface area contributed by atoms with Gasteiger partial charge in [0.2, 0.25) is 5.89 Å². The van der Waals surface area contributed by atoms with E-state index in [-0.39, 0.29) is 24.0 Å². The van der Waals surface area contributed by atoms with Crippen LogP contribution in [0.25, 0.3) is 11.5 Å². The summed E-state index contributed by atoms with van der Waals surface area (Å²) in [6, 6.07) is 8.14. The number of rotatable bonds is 8. The van der Waals surface area contributed by atoms with Crippen LogP contribution in [0.4, 0.5) is 0 Å². The van der Waals surface area contributed by atoms with Gasteiger partial charge in [-0.25, -0.2) is 9.98 Å². The first-order valence-electron chi connectivity index (χ1n) is 8.84. The van der Waals surface area contributed by atoms with Crippen molar-refractivity contribution in [3.05, 3.63) is 41.8 Å². The number of benzene rings is 1. The number of hydrogen-bond acceptors (Lipinski definition) is 4. The smallest absolute Gasteiger partial charge is 0.226 e. The average molecular weight is 471 g/mol. The van der Waals surface area contributed by atoms with E-state index >= 15 is 0 Å². The number of nitrogens with one attached hydrogen (secondary N) is 2. The van der Waals surface area contributed by atoms with Gasteiger partial charge in [0.15, 0.2) is 5.96 Å². The highest BCUT2D eigenvalue weighted by atomic mass is 127. The minimum atomic E-state index is 0. The summed E-state index contributed by atoms with van der Waals surface area (Å²) in [5, 5.41) is 6.59. The van der Waals surface area contributed by atoms with Gasteiger partial charge in [0.05, 0.1) is 6.54 Å². The Hall–Kier alpha value is -1.61. The summed E-state index contributed by atoms with van der Waals surface area (Å²) in [6.45, 7) is 10.4. The maximum Gasteiger partial charge on any atom is 0.226 e. The summed E-state index contributed by atoms with van der Waals surface area (Å²) in [4.78, 5) is 11.4. The van der Waals surface area contributed by atoms with Crippen LogP contribution in [-0.2, 0) is 6.54 Å². The normalized spacial score (nSPS) is 11.3. The molecule has 0 saturated carbocycles. The standard InChI is InChI=1S/C19H29N5O.HI/c1-5-20-19(21-11-12-24(4)6-2)22-13-17-14-25-18(23-17)16-9-7-15(3)8-10-16;/h7-10,14H,5-6,11-13H2,1-4H3,(H2,20,21,22);1H. The zero-order chi connectivity index (χ0) is 18.1. The van der Waals surface area contributed by atoms with Crippen molar-refractivity contribution in [1.82, 2.24) is 20.5 Å². The van der Waals surface area contributed by atoms with Gasteiger partial charge in [0.1, 0.15) is 12.0 Å². The van der Waals surface area contributed by atoms with Crippen molar-refractivity contribution in [2.45, 2.75) is 27.3 Å². The Labute approximate surface area is 173 Å². The molecule has 0 amide bonds. The molecule has 26 heavy (non-hydrogen) atoms. The second-order valence-electron chi connectivity index (χ2n) is 6.03. The highest BCUT2D eigenvalue weighted by Gasteiger charge is 2.07. The summed E-state index contributed by atoms with van der Waals surface area (Å²) < 4.78 is 5.58. The SMILES string of the molecule is CCNC(=NCc1coc(-c2ccc(C)cc2)n1)NCCN(C)CC.I. The lowest BCUT2D eigenvalue weighted by molar-refractivity contribution is 0.357. The predicted molar refractivity (Wildman–Crippen MR) is 118 cm³/mol. The molecule has 2 rings (SSSR count). The molecule has 1 aromatic heterocycles.